The second-order valence-electron chi connectivity index (χ2n) is 7.62. The Morgan fingerprint density at radius 3 is 2.35 bits per heavy atom. The van der Waals surface area contributed by atoms with E-state index in [1.165, 1.54) is 0 Å². The van der Waals surface area contributed by atoms with Crippen LogP contribution in [0.4, 0.5) is 0 Å². The van der Waals surface area contributed by atoms with Crippen LogP contribution < -0.4 is 0 Å². The predicted molar refractivity (Wildman–Crippen MR) is 104 cm³/mol. The van der Waals surface area contributed by atoms with Crippen LogP contribution in [0.25, 0.3) is 0 Å². The van der Waals surface area contributed by atoms with Gasteiger partial charge in [-0.25, -0.2) is 0 Å². The highest BCUT2D eigenvalue weighted by molar-refractivity contribution is 5.85. The van der Waals surface area contributed by atoms with Crippen LogP contribution in [0.1, 0.15) is 42.6 Å². The molecule has 0 aliphatic carbocycles. The van der Waals surface area contributed by atoms with Gasteiger partial charge in [-0.3, -0.25) is 9.69 Å². The molecule has 0 bridgehead atoms. The van der Waals surface area contributed by atoms with E-state index in [2.05, 4.69) is 25.1 Å². The molecule has 0 radical (unpaired) electrons. The minimum Gasteiger partial charge on any atom is -0.354 e. The number of carbonyl (C=O) groups excluding carboxylic acids is 1. The molecule has 0 aromatic heterocycles. The van der Waals surface area contributed by atoms with Crippen molar-refractivity contribution in [2.45, 2.75) is 38.6 Å². The summed E-state index contributed by atoms with van der Waals surface area (Å²) >= 11 is 0. The molecule has 4 heteroatoms. The van der Waals surface area contributed by atoms with E-state index < -0.39 is 5.72 Å². The molecule has 2 aromatic carbocycles. The molecule has 0 N–H and O–H groups in total. The molecule has 2 atom stereocenters. The second-order valence-corrected chi connectivity index (χ2v) is 7.62. The van der Waals surface area contributed by atoms with Crippen molar-refractivity contribution in [1.82, 2.24) is 9.80 Å². The van der Waals surface area contributed by atoms with E-state index in [1.807, 2.05) is 74.1 Å². The summed E-state index contributed by atoms with van der Waals surface area (Å²) in [4.78, 5) is 17.6. The second kappa shape index (κ2) is 7.22. The van der Waals surface area contributed by atoms with E-state index in [0.717, 1.165) is 16.7 Å². The van der Waals surface area contributed by atoms with Gasteiger partial charge in [0.15, 0.2) is 0 Å². The Kier molecular flexibility index (Phi) is 5.17. The zero-order valence-corrected chi connectivity index (χ0v) is 16.3. The summed E-state index contributed by atoms with van der Waals surface area (Å²) in [6.45, 7) is 6.51. The smallest absolute Gasteiger partial charge is 0.247 e. The Bertz CT molecular complexity index is 771. The van der Waals surface area contributed by atoms with Crippen molar-refractivity contribution in [3.63, 3.8) is 0 Å². The van der Waals surface area contributed by atoms with E-state index >= 15 is 0 Å². The lowest BCUT2D eigenvalue weighted by Crippen LogP contribution is -2.49. The molecule has 0 unspecified atom stereocenters. The molecule has 1 aliphatic heterocycles. The summed E-state index contributed by atoms with van der Waals surface area (Å²) in [6, 6.07) is 17.8. The summed E-state index contributed by atoms with van der Waals surface area (Å²) in [5.41, 5.74) is 2.62. The Morgan fingerprint density at radius 2 is 1.73 bits per heavy atom. The number of hydrogen-bond donors (Lipinski definition) is 0. The minimum absolute atomic E-state index is 0.0700. The maximum atomic E-state index is 13.7. The molecular weight excluding hydrogens is 324 g/mol. The Hall–Kier alpha value is -2.17. The van der Waals surface area contributed by atoms with Gasteiger partial charge in [0.05, 0.1) is 12.6 Å². The summed E-state index contributed by atoms with van der Waals surface area (Å²) < 4.78 is 6.02. The topological polar surface area (TPSA) is 32.8 Å². The number of nitrogens with zero attached hydrogens (tertiary/aromatic N) is 2. The Morgan fingerprint density at radius 1 is 1.12 bits per heavy atom. The van der Waals surface area contributed by atoms with Gasteiger partial charge in [-0.05, 0) is 51.6 Å². The fourth-order valence-electron chi connectivity index (χ4n) is 3.80. The van der Waals surface area contributed by atoms with E-state index in [0.29, 0.717) is 6.61 Å². The quantitative estimate of drug-likeness (QED) is 0.836. The monoisotopic (exact) mass is 352 g/mol. The van der Waals surface area contributed by atoms with Gasteiger partial charge >= 0.3 is 0 Å². The number of benzene rings is 2. The molecule has 138 valence electrons. The van der Waals surface area contributed by atoms with E-state index in [9.17, 15) is 4.79 Å². The van der Waals surface area contributed by atoms with Crippen molar-refractivity contribution in [1.29, 1.82) is 0 Å². The lowest BCUT2D eigenvalue weighted by Gasteiger charge is -2.38. The summed E-state index contributed by atoms with van der Waals surface area (Å²) in [5.74, 6) is 0.0700. The zero-order valence-electron chi connectivity index (χ0n) is 16.3. The third-order valence-corrected chi connectivity index (χ3v) is 5.14. The molecule has 0 saturated carbocycles. The largest absolute Gasteiger partial charge is 0.354 e. The molecule has 1 fully saturated rings. The van der Waals surface area contributed by atoms with Crippen LogP contribution in [-0.4, -0.2) is 42.1 Å². The summed E-state index contributed by atoms with van der Waals surface area (Å²) in [5, 5.41) is 0. The average Bonchev–Trinajstić information content (AvgIpc) is 2.92. The molecule has 2 aromatic rings. The van der Waals surface area contributed by atoms with Crippen LogP contribution in [-0.2, 0) is 9.53 Å². The fraction of sp³-hybridized carbons (Fsp3) is 0.409. The highest BCUT2D eigenvalue weighted by Crippen LogP contribution is 2.39. The molecule has 3 rings (SSSR count). The van der Waals surface area contributed by atoms with Crippen LogP contribution in [0.15, 0.2) is 54.6 Å². The number of ether oxygens (including phenoxy) is 1. The molecular formula is C22H28N2O2. The van der Waals surface area contributed by atoms with Crippen molar-refractivity contribution in [3.8, 4) is 0 Å². The van der Waals surface area contributed by atoms with Crippen LogP contribution in [0.3, 0.4) is 0 Å². The van der Waals surface area contributed by atoms with Crippen molar-refractivity contribution in [2.75, 3.05) is 20.7 Å². The molecule has 0 spiro atoms. The van der Waals surface area contributed by atoms with Crippen LogP contribution >= 0.6 is 0 Å². The van der Waals surface area contributed by atoms with Crippen LogP contribution in [0.5, 0.6) is 0 Å². The van der Waals surface area contributed by atoms with Gasteiger partial charge in [-0.2, -0.15) is 0 Å². The maximum Gasteiger partial charge on any atom is 0.247 e. The number of likely N-dealkylation sites (N-methyl/N-ethyl adjacent to an activating group) is 1. The average molecular weight is 352 g/mol. The van der Waals surface area contributed by atoms with Gasteiger partial charge in [-0.1, -0.05) is 54.6 Å². The van der Waals surface area contributed by atoms with Crippen LogP contribution in [0.2, 0.25) is 0 Å². The third-order valence-electron chi connectivity index (χ3n) is 5.14. The summed E-state index contributed by atoms with van der Waals surface area (Å²) in [7, 11) is 3.91. The summed E-state index contributed by atoms with van der Waals surface area (Å²) in [6.07, 6.45) is 0. The predicted octanol–water partition coefficient (Wildman–Crippen LogP) is 3.93. The SMILES string of the molecule is Cc1ccccc1[C@@H](C(=O)N1[C@H](c2ccccc2)COC1(C)C)N(C)C. The fourth-order valence-corrected chi connectivity index (χ4v) is 3.80. The van der Waals surface area contributed by atoms with Gasteiger partial charge in [-0.15, -0.1) is 0 Å². The van der Waals surface area contributed by atoms with E-state index in [1.54, 1.807) is 0 Å². The first-order chi connectivity index (χ1) is 12.3. The van der Waals surface area contributed by atoms with Gasteiger partial charge in [0, 0.05) is 0 Å². The van der Waals surface area contributed by atoms with Gasteiger partial charge in [0.25, 0.3) is 0 Å². The first-order valence-corrected chi connectivity index (χ1v) is 9.07. The highest BCUT2D eigenvalue weighted by Gasteiger charge is 2.47. The Labute approximate surface area is 156 Å². The van der Waals surface area contributed by atoms with Gasteiger partial charge in [0.2, 0.25) is 5.91 Å². The molecule has 26 heavy (non-hydrogen) atoms. The van der Waals surface area contributed by atoms with Crippen LogP contribution in [0, 0.1) is 6.92 Å². The standard InChI is InChI=1S/C22H28N2O2/c1-16-11-9-10-14-18(16)20(23(4)5)21(25)24-19(15-26-22(24,2)3)17-12-7-6-8-13-17/h6-14,19-20H,15H2,1-5H3/t19-,20-/m0/s1. The van der Waals surface area contributed by atoms with Crippen molar-refractivity contribution in [2.24, 2.45) is 0 Å². The Balaban J connectivity index is 2.02. The lowest BCUT2D eigenvalue weighted by molar-refractivity contribution is -0.151. The highest BCUT2D eigenvalue weighted by atomic mass is 16.5. The molecule has 1 aliphatic rings. The molecule has 1 saturated heterocycles. The number of hydrogen-bond acceptors (Lipinski definition) is 3. The van der Waals surface area contributed by atoms with Crippen molar-refractivity contribution >= 4 is 5.91 Å². The molecule has 1 heterocycles. The normalized spacial score (nSPS) is 20.4. The minimum atomic E-state index is -0.644. The van der Waals surface area contributed by atoms with Crippen molar-refractivity contribution < 1.29 is 9.53 Å². The molecule has 4 nitrogen and oxygen atoms in total. The van der Waals surface area contributed by atoms with Crippen molar-refractivity contribution in [3.05, 3.63) is 71.3 Å². The first-order valence-electron chi connectivity index (χ1n) is 9.07. The maximum absolute atomic E-state index is 13.7. The molecule has 1 amide bonds. The van der Waals surface area contributed by atoms with Gasteiger partial charge < -0.3 is 9.64 Å². The third kappa shape index (κ3) is 3.39. The number of aryl methyl sites for hydroxylation is 1. The zero-order chi connectivity index (χ0) is 18.9. The van der Waals surface area contributed by atoms with E-state index in [4.69, 9.17) is 4.74 Å². The van der Waals surface area contributed by atoms with E-state index in [-0.39, 0.29) is 18.0 Å². The number of amides is 1. The number of rotatable bonds is 4. The number of carbonyl (C=O) groups is 1. The first kappa shape index (κ1) is 18.6. The van der Waals surface area contributed by atoms with Gasteiger partial charge in [0.1, 0.15) is 11.8 Å². The lowest BCUT2D eigenvalue weighted by atomic mass is 9.97.